The van der Waals surface area contributed by atoms with Crippen molar-refractivity contribution in [2.45, 2.75) is 45.1 Å². The molecule has 1 saturated carbocycles. The Bertz CT molecular complexity index is 620. The van der Waals surface area contributed by atoms with Crippen LogP contribution in [0.2, 0.25) is 5.28 Å². The van der Waals surface area contributed by atoms with E-state index < -0.39 is 0 Å². The molecule has 0 amide bonds. The summed E-state index contributed by atoms with van der Waals surface area (Å²) in [6.07, 6.45) is 6.43. The van der Waals surface area contributed by atoms with Crippen LogP contribution in [-0.2, 0) is 0 Å². The van der Waals surface area contributed by atoms with Crippen LogP contribution < -0.4 is 4.90 Å². The highest BCUT2D eigenvalue weighted by molar-refractivity contribution is 6.28. The molecule has 0 aliphatic heterocycles. The molecule has 4 heteroatoms. The lowest BCUT2D eigenvalue weighted by atomic mass is 9.84. The number of rotatable bonds is 3. The monoisotopic (exact) mass is 303 g/mol. The molecule has 0 bridgehead atoms. The molecule has 0 radical (unpaired) electrons. The Hall–Kier alpha value is -1.35. The fourth-order valence-corrected chi connectivity index (χ4v) is 3.59. The molecule has 0 atom stereocenters. The van der Waals surface area contributed by atoms with E-state index >= 15 is 0 Å². The zero-order chi connectivity index (χ0) is 14.8. The van der Waals surface area contributed by atoms with Gasteiger partial charge in [0.05, 0.1) is 5.52 Å². The van der Waals surface area contributed by atoms with Crippen LogP contribution in [0.15, 0.2) is 24.3 Å². The second kappa shape index (κ2) is 6.18. The van der Waals surface area contributed by atoms with Crippen LogP contribution in [0, 0.1) is 5.92 Å². The molecule has 0 spiro atoms. The molecule has 112 valence electrons. The fourth-order valence-electron chi connectivity index (χ4n) is 3.41. The Morgan fingerprint density at radius 3 is 2.57 bits per heavy atom. The van der Waals surface area contributed by atoms with Gasteiger partial charge in [0.25, 0.3) is 0 Å². The number of aromatic nitrogens is 2. The Kier molecular flexibility index (Phi) is 4.29. The summed E-state index contributed by atoms with van der Waals surface area (Å²) >= 11 is 6.10. The van der Waals surface area contributed by atoms with Crippen molar-refractivity contribution in [3.8, 4) is 0 Å². The molecule has 1 aliphatic rings. The van der Waals surface area contributed by atoms with Gasteiger partial charge in [0.2, 0.25) is 5.28 Å². The normalized spacial score (nSPS) is 22.4. The smallest absolute Gasteiger partial charge is 0.224 e. The molecule has 1 fully saturated rings. The maximum Gasteiger partial charge on any atom is 0.224 e. The van der Waals surface area contributed by atoms with Gasteiger partial charge in [0.1, 0.15) is 5.82 Å². The van der Waals surface area contributed by atoms with E-state index in [2.05, 4.69) is 34.9 Å². The van der Waals surface area contributed by atoms with Gasteiger partial charge in [-0.15, -0.1) is 0 Å². The average Bonchev–Trinajstić information content (AvgIpc) is 2.53. The Balaban J connectivity index is 1.89. The number of nitrogens with zero attached hydrogens (tertiary/aromatic N) is 3. The summed E-state index contributed by atoms with van der Waals surface area (Å²) in [6.45, 7) is 2.30. The van der Waals surface area contributed by atoms with Crippen molar-refractivity contribution in [2.24, 2.45) is 5.92 Å². The maximum atomic E-state index is 6.10. The molecule has 21 heavy (non-hydrogen) atoms. The lowest BCUT2D eigenvalue weighted by Crippen LogP contribution is -2.35. The molecule has 3 nitrogen and oxygen atoms in total. The van der Waals surface area contributed by atoms with Crippen LogP contribution in [-0.4, -0.2) is 23.1 Å². The molecule has 0 N–H and O–H groups in total. The lowest BCUT2D eigenvalue weighted by Gasteiger charge is -2.35. The maximum absolute atomic E-state index is 6.10. The predicted octanol–water partition coefficient (Wildman–Crippen LogP) is 4.69. The van der Waals surface area contributed by atoms with Gasteiger partial charge in [-0.1, -0.05) is 25.5 Å². The van der Waals surface area contributed by atoms with Crippen molar-refractivity contribution in [3.05, 3.63) is 29.5 Å². The van der Waals surface area contributed by atoms with Crippen molar-refractivity contribution < 1.29 is 0 Å². The summed E-state index contributed by atoms with van der Waals surface area (Å²) in [5.74, 6) is 1.87. The number of anilines is 1. The summed E-state index contributed by atoms with van der Waals surface area (Å²) in [6, 6.07) is 8.65. The van der Waals surface area contributed by atoms with E-state index in [1.54, 1.807) is 0 Å². The van der Waals surface area contributed by atoms with Crippen molar-refractivity contribution in [1.29, 1.82) is 0 Å². The van der Waals surface area contributed by atoms with Crippen molar-refractivity contribution in [3.63, 3.8) is 0 Å². The average molecular weight is 304 g/mol. The van der Waals surface area contributed by atoms with Crippen LogP contribution in [0.1, 0.15) is 39.0 Å². The van der Waals surface area contributed by atoms with Gasteiger partial charge in [-0.3, -0.25) is 0 Å². The first-order valence-electron chi connectivity index (χ1n) is 7.84. The SMILES string of the molecule is CCC1CCC(N(C)c2nc(Cl)nc3ccccc23)CC1. The summed E-state index contributed by atoms with van der Waals surface area (Å²) in [5, 5.41) is 1.42. The first-order chi connectivity index (χ1) is 10.2. The van der Waals surface area contributed by atoms with E-state index in [-0.39, 0.29) is 0 Å². The third kappa shape index (κ3) is 2.98. The highest BCUT2D eigenvalue weighted by Gasteiger charge is 2.25. The number of hydrogen-bond acceptors (Lipinski definition) is 3. The molecule has 1 heterocycles. The van der Waals surface area contributed by atoms with Crippen LogP contribution >= 0.6 is 11.6 Å². The molecule has 2 aromatic rings. The molecule has 1 aromatic carbocycles. The molecular formula is C17H22ClN3. The van der Waals surface area contributed by atoms with Crippen LogP contribution in [0.3, 0.4) is 0 Å². The van der Waals surface area contributed by atoms with Crippen molar-refractivity contribution in [1.82, 2.24) is 9.97 Å². The minimum absolute atomic E-state index is 0.331. The van der Waals surface area contributed by atoms with E-state index in [4.69, 9.17) is 11.6 Å². The van der Waals surface area contributed by atoms with Gasteiger partial charge in [-0.05, 0) is 55.3 Å². The van der Waals surface area contributed by atoms with Crippen LogP contribution in [0.5, 0.6) is 0 Å². The minimum atomic E-state index is 0.331. The lowest BCUT2D eigenvalue weighted by molar-refractivity contribution is 0.313. The summed E-state index contributed by atoms with van der Waals surface area (Å²) < 4.78 is 0. The fraction of sp³-hybridized carbons (Fsp3) is 0.529. The first kappa shape index (κ1) is 14.6. The summed E-state index contributed by atoms with van der Waals surface area (Å²) in [5.41, 5.74) is 0.918. The quantitative estimate of drug-likeness (QED) is 0.770. The number of benzene rings is 1. The Morgan fingerprint density at radius 2 is 1.86 bits per heavy atom. The number of hydrogen-bond donors (Lipinski definition) is 0. The third-order valence-corrected chi connectivity index (χ3v) is 5.00. The van der Waals surface area contributed by atoms with E-state index in [9.17, 15) is 0 Å². The van der Waals surface area contributed by atoms with E-state index in [1.165, 1.54) is 32.1 Å². The second-order valence-corrected chi connectivity index (χ2v) is 6.37. The molecular weight excluding hydrogens is 282 g/mol. The van der Waals surface area contributed by atoms with Crippen LogP contribution in [0.4, 0.5) is 5.82 Å². The van der Waals surface area contributed by atoms with Gasteiger partial charge < -0.3 is 4.90 Å². The molecule has 0 unspecified atom stereocenters. The molecule has 1 aliphatic carbocycles. The third-order valence-electron chi connectivity index (χ3n) is 4.83. The Morgan fingerprint density at radius 1 is 1.14 bits per heavy atom. The largest absolute Gasteiger partial charge is 0.356 e. The van der Waals surface area contributed by atoms with Crippen molar-refractivity contribution in [2.75, 3.05) is 11.9 Å². The standard InChI is InChI=1S/C17H22ClN3/c1-3-12-8-10-13(11-9-12)21(2)16-14-6-4-5-7-15(14)19-17(18)20-16/h4-7,12-13H,3,8-11H2,1-2H3. The summed E-state index contributed by atoms with van der Waals surface area (Å²) in [4.78, 5) is 11.1. The van der Waals surface area contributed by atoms with Gasteiger partial charge in [0.15, 0.2) is 0 Å². The van der Waals surface area contributed by atoms with E-state index in [0.717, 1.165) is 22.6 Å². The molecule has 0 saturated heterocycles. The number of fused-ring (bicyclic) bond motifs is 1. The first-order valence-corrected chi connectivity index (χ1v) is 8.22. The topological polar surface area (TPSA) is 29.0 Å². The predicted molar refractivity (Wildman–Crippen MR) is 89.0 cm³/mol. The summed E-state index contributed by atoms with van der Waals surface area (Å²) in [7, 11) is 2.14. The van der Waals surface area contributed by atoms with Gasteiger partial charge in [0, 0.05) is 18.5 Å². The number of halogens is 1. The van der Waals surface area contributed by atoms with Gasteiger partial charge >= 0.3 is 0 Å². The Labute approximate surface area is 131 Å². The zero-order valence-corrected chi connectivity index (χ0v) is 13.5. The second-order valence-electron chi connectivity index (χ2n) is 6.03. The van der Waals surface area contributed by atoms with E-state index in [0.29, 0.717) is 11.3 Å². The van der Waals surface area contributed by atoms with Gasteiger partial charge in [-0.25, -0.2) is 4.98 Å². The minimum Gasteiger partial charge on any atom is -0.356 e. The van der Waals surface area contributed by atoms with Crippen molar-refractivity contribution >= 4 is 28.3 Å². The molecule has 1 aromatic heterocycles. The molecule has 3 rings (SSSR count). The van der Waals surface area contributed by atoms with Crippen LogP contribution in [0.25, 0.3) is 10.9 Å². The zero-order valence-electron chi connectivity index (χ0n) is 12.7. The number of para-hydroxylation sites is 1. The van der Waals surface area contributed by atoms with E-state index in [1.807, 2.05) is 18.2 Å². The highest BCUT2D eigenvalue weighted by Crippen LogP contribution is 2.33. The van der Waals surface area contributed by atoms with Gasteiger partial charge in [-0.2, -0.15) is 4.98 Å². The highest BCUT2D eigenvalue weighted by atomic mass is 35.5.